The molecule has 114 valence electrons. The van der Waals surface area contributed by atoms with Crippen LogP contribution in [-0.2, 0) is 20.0 Å². The van der Waals surface area contributed by atoms with Crippen molar-refractivity contribution in [1.29, 1.82) is 0 Å². The Kier molecular flexibility index (Phi) is 5.39. The zero-order valence-electron chi connectivity index (χ0n) is 13.4. The van der Waals surface area contributed by atoms with Crippen molar-refractivity contribution >= 4 is 0 Å². The maximum Gasteiger partial charge on any atom is 0.119 e. The summed E-state index contributed by atoms with van der Waals surface area (Å²) >= 11 is 0. The van der Waals surface area contributed by atoms with Crippen LogP contribution in [0, 0.1) is 0 Å². The zero-order chi connectivity index (χ0) is 15.2. The Labute approximate surface area is 127 Å². The molecule has 1 atom stereocenters. The second kappa shape index (κ2) is 7.27. The Hall–Kier alpha value is -1.81. The van der Waals surface area contributed by atoms with E-state index in [1.54, 1.807) is 0 Å². The van der Waals surface area contributed by atoms with Gasteiger partial charge in [-0.2, -0.15) is 5.10 Å². The number of rotatable bonds is 7. The molecule has 0 aliphatic rings. The van der Waals surface area contributed by atoms with Crippen LogP contribution in [0.2, 0.25) is 0 Å². The first-order valence-corrected chi connectivity index (χ1v) is 7.61. The number of aryl methyl sites for hydroxylation is 2. The lowest BCUT2D eigenvalue weighted by atomic mass is 10.1. The molecule has 0 radical (unpaired) electrons. The average molecular weight is 287 g/mol. The van der Waals surface area contributed by atoms with Crippen LogP contribution in [0.25, 0.3) is 0 Å². The van der Waals surface area contributed by atoms with Gasteiger partial charge in [-0.1, -0.05) is 19.1 Å². The second-order valence-corrected chi connectivity index (χ2v) is 5.23. The van der Waals surface area contributed by atoms with Gasteiger partial charge in [0.05, 0.1) is 12.3 Å². The first kappa shape index (κ1) is 15.6. The predicted molar refractivity (Wildman–Crippen MR) is 85.5 cm³/mol. The second-order valence-electron chi connectivity index (χ2n) is 5.23. The first-order valence-electron chi connectivity index (χ1n) is 7.61. The van der Waals surface area contributed by atoms with Gasteiger partial charge in [0.15, 0.2) is 0 Å². The van der Waals surface area contributed by atoms with Gasteiger partial charge in [0.2, 0.25) is 0 Å². The summed E-state index contributed by atoms with van der Waals surface area (Å²) in [7, 11) is 1.97. The molecule has 21 heavy (non-hydrogen) atoms. The van der Waals surface area contributed by atoms with Gasteiger partial charge in [-0.15, -0.1) is 0 Å². The fraction of sp³-hybridized carbons (Fsp3) is 0.471. The maximum absolute atomic E-state index is 5.47. The number of hydrogen-bond donors (Lipinski definition) is 1. The van der Waals surface area contributed by atoms with E-state index in [0.29, 0.717) is 12.6 Å². The fourth-order valence-electron chi connectivity index (χ4n) is 2.43. The molecule has 0 spiro atoms. The van der Waals surface area contributed by atoms with Crippen molar-refractivity contribution in [2.45, 2.75) is 39.8 Å². The van der Waals surface area contributed by atoms with Gasteiger partial charge in [-0.05, 0) is 38.0 Å². The van der Waals surface area contributed by atoms with Crippen LogP contribution in [0.3, 0.4) is 0 Å². The number of hydrogen-bond acceptors (Lipinski definition) is 3. The molecule has 0 saturated carbocycles. The van der Waals surface area contributed by atoms with Crippen LogP contribution in [-0.4, -0.2) is 16.4 Å². The quantitative estimate of drug-likeness (QED) is 0.849. The van der Waals surface area contributed by atoms with E-state index in [2.05, 4.69) is 42.6 Å². The van der Waals surface area contributed by atoms with E-state index in [-0.39, 0.29) is 0 Å². The molecule has 1 heterocycles. The summed E-state index contributed by atoms with van der Waals surface area (Å²) in [5, 5.41) is 8.03. The van der Waals surface area contributed by atoms with Crippen molar-refractivity contribution in [1.82, 2.24) is 15.1 Å². The fourth-order valence-corrected chi connectivity index (χ4v) is 2.43. The first-order chi connectivity index (χ1) is 10.1. The smallest absolute Gasteiger partial charge is 0.119 e. The van der Waals surface area contributed by atoms with Crippen molar-refractivity contribution in [3.05, 3.63) is 47.3 Å². The monoisotopic (exact) mass is 287 g/mol. The molecule has 2 aromatic rings. The lowest BCUT2D eigenvalue weighted by molar-refractivity contribution is 0.340. The summed E-state index contributed by atoms with van der Waals surface area (Å²) in [4.78, 5) is 0. The third kappa shape index (κ3) is 4.08. The molecule has 2 rings (SSSR count). The zero-order valence-corrected chi connectivity index (χ0v) is 13.4. The summed E-state index contributed by atoms with van der Waals surface area (Å²) < 4.78 is 7.36. The van der Waals surface area contributed by atoms with Crippen LogP contribution < -0.4 is 10.1 Å². The Morgan fingerprint density at radius 3 is 2.57 bits per heavy atom. The molecule has 0 saturated heterocycles. The molecule has 1 N–H and O–H groups in total. The van der Waals surface area contributed by atoms with Crippen LogP contribution in [0.15, 0.2) is 30.5 Å². The molecular formula is C17H25N3O. The summed E-state index contributed by atoms with van der Waals surface area (Å²) in [6.45, 7) is 7.86. The number of nitrogens with one attached hydrogen (secondary N) is 1. The van der Waals surface area contributed by atoms with Gasteiger partial charge < -0.3 is 10.1 Å². The lowest BCUT2D eigenvalue weighted by Crippen LogP contribution is -2.18. The third-order valence-electron chi connectivity index (χ3n) is 3.62. The molecular weight excluding hydrogens is 262 g/mol. The van der Waals surface area contributed by atoms with Crippen molar-refractivity contribution in [3.8, 4) is 5.75 Å². The highest BCUT2D eigenvalue weighted by molar-refractivity contribution is 5.29. The Balaban J connectivity index is 1.96. The molecule has 0 fully saturated rings. The molecule has 0 aliphatic heterocycles. The molecule has 0 aliphatic carbocycles. The number of ether oxygens (including phenoxy) is 1. The van der Waals surface area contributed by atoms with E-state index in [0.717, 1.165) is 18.7 Å². The topological polar surface area (TPSA) is 39.1 Å². The van der Waals surface area contributed by atoms with Crippen molar-refractivity contribution in [2.24, 2.45) is 7.05 Å². The number of aromatic nitrogens is 2. The van der Waals surface area contributed by atoms with Gasteiger partial charge in [-0.3, -0.25) is 4.68 Å². The molecule has 1 aromatic heterocycles. The Morgan fingerprint density at radius 1 is 1.24 bits per heavy atom. The Bertz CT molecular complexity index is 560. The van der Waals surface area contributed by atoms with E-state index in [4.69, 9.17) is 4.74 Å². The van der Waals surface area contributed by atoms with Gasteiger partial charge >= 0.3 is 0 Å². The molecule has 1 unspecified atom stereocenters. The highest BCUT2D eigenvalue weighted by atomic mass is 16.5. The molecule has 0 amide bonds. The van der Waals surface area contributed by atoms with Crippen LogP contribution in [0.1, 0.15) is 43.6 Å². The minimum Gasteiger partial charge on any atom is -0.494 e. The summed E-state index contributed by atoms with van der Waals surface area (Å²) in [6.07, 6.45) is 3.06. The average Bonchev–Trinajstić information content (AvgIpc) is 2.86. The molecule has 0 bridgehead atoms. The van der Waals surface area contributed by atoms with Gasteiger partial charge in [-0.25, -0.2) is 0 Å². The van der Waals surface area contributed by atoms with E-state index >= 15 is 0 Å². The standard InChI is InChI=1S/C17H25N3O/c1-5-17-15(12-20(4)19-17)11-18-13(3)14-7-9-16(10-8-14)21-6-2/h7-10,12-13,18H,5-6,11H2,1-4H3. The maximum atomic E-state index is 5.47. The van der Waals surface area contributed by atoms with Crippen molar-refractivity contribution in [3.63, 3.8) is 0 Å². The predicted octanol–water partition coefficient (Wildman–Crippen LogP) is 3.23. The highest BCUT2D eigenvalue weighted by Crippen LogP contribution is 2.18. The molecule has 4 nitrogen and oxygen atoms in total. The molecule has 4 heteroatoms. The van der Waals surface area contributed by atoms with Crippen molar-refractivity contribution < 1.29 is 4.74 Å². The highest BCUT2D eigenvalue weighted by Gasteiger charge is 2.09. The van der Waals surface area contributed by atoms with E-state index in [1.807, 2.05) is 30.8 Å². The van der Waals surface area contributed by atoms with E-state index < -0.39 is 0 Å². The van der Waals surface area contributed by atoms with Gasteiger partial charge in [0, 0.05) is 31.4 Å². The number of nitrogens with zero attached hydrogens (tertiary/aromatic N) is 2. The minimum absolute atomic E-state index is 0.297. The summed E-state index contributed by atoms with van der Waals surface area (Å²) in [5.74, 6) is 0.925. The van der Waals surface area contributed by atoms with Gasteiger partial charge in [0.1, 0.15) is 5.75 Å². The van der Waals surface area contributed by atoms with E-state index in [9.17, 15) is 0 Å². The lowest BCUT2D eigenvalue weighted by Gasteiger charge is -2.14. The molecule has 1 aromatic carbocycles. The number of benzene rings is 1. The summed E-state index contributed by atoms with van der Waals surface area (Å²) in [6, 6.07) is 8.58. The summed E-state index contributed by atoms with van der Waals surface area (Å²) in [5.41, 5.74) is 3.71. The third-order valence-corrected chi connectivity index (χ3v) is 3.62. The normalized spacial score (nSPS) is 12.4. The van der Waals surface area contributed by atoms with Gasteiger partial charge in [0.25, 0.3) is 0 Å². The van der Waals surface area contributed by atoms with E-state index in [1.165, 1.54) is 16.8 Å². The Morgan fingerprint density at radius 2 is 1.95 bits per heavy atom. The minimum atomic E-state index is 0.297. The van der Waals surface area contributed by atoms with Crippen LogP contribution in [0.4, 0.5) is 0 Å². The largest absolute Gasteiger partial charge is 0.494 e. The van der Waals surface area contributed by atoms with Crippen LogP contribution in [0.5, 0.6) is 5.75 Å². The SMILES string of the molecule is CCOc1ccc(C(C)NCc2cn(C)nc2CC)cc1. The van der Waals surface area contributed by atoms with Crippen LogP contribution >= 0.6 is 0 Å². The van der Waals surface area contributed by atoms with Crippen molar-refractivity contribution in [2.75, 3.05) is 6.61 Å².